The number of halogens is 1. The van der Waals surface area contributed by atoms with Gasteiger partial charge in [0.2, 0.25) is 0 Å². The van der Waals surface area contributed by atoms with E-state index in [-0.39, 0.29) is 41.9 Å². The van der Waals surface area contributed by atoms with Crippen LogP contribution in [0.4, 0.5) is 4.39 Å². The van der Waals surface area contributed by atoms with Gasteiger partial charge in [0.25, 0.3) is 0 Å². The van der Waals surface area contributed by atoms with Crippen molar-refractivity contribution in [2.24, 2.45) is 5.92 Å². The molecule has 1 aromatic carbocycles. The Morgan fingerprint density at radius 2 is 2.17 bits per heavy atom. The van der Waals surface area contributed by atoms with Crippen molar-refractivity contribution in [1.82, 2.24) is 0 Å². The predicted octanol–water partition coefficient (Wildman–Crippen LogP) is 1.76. The Labute approximate surface area is 106 Å². The molecular weight excluding hydrogens is 255 g/mol. The lowest BCUT2D eigenvalue weighted by molar-refractivity contribution is -0.119. The number of ketones is 1. The van der Waals surface area contributed by atoms with E-state index in [1.807, 2.05) is 0 Å². The van der Waals surface area contributed by atoms with Crippen LogP contribution in [0.5, 0.6) is 0 Å². The van der Waals surface area contributed by atoms with E-state index in [0.717, 1.165) is 0 Å². The molecule has 1 aliphatic rings. The monoisotopic (exact) mass is 270 g/mol. The first kappa shape index (κ1) is 13.2. The van der Waals surface area contributed by atoms with Crippen LogP contribution in [0.3, 0.4) is 0 Å². The number of benzene rings is 1. The topological polar surface area (TPSA) is 51.2 Å². The summed E-state index contributed by atoms with van der Waals surface area (Å²) in [6.45, 7) is 0. The van der Waals surface area contributed by atoms with Gasteiger partial charge in [0.1, 0.15) is 11.6 Å². The summed E-state index contributed by atoms with van der Waals surface area (Å²) in [5.74, 6) is -0.144. The number of carbonyl (C=O) groups is 1. The largest absolute Gasteiger partial charge is 0.299 e. The van der Waals surface area contributed by atoms with Crippen molar-refractivity contribution in [3.8, 4) is 0 Å². The lowest BCUT2D eigenvalue weighted by atomic mass is 9.98. The third-order valence-corrected chi connectivity index (χ3v) is 4.97. The van der Waals surface area contributed by atoms with Gasteiger partial charge in [-0.25, -0.2) is 12.8 Å². The second-order valence-corrected chi connectivity index (χ2v) is 7.05. The second-order valence-electron chi connectivity index (χ2n) is 4.82. The summed E-state index contributed by atoms with van der Waals surface area (Å²) >= 11 is 0. The zero-order chi connectivity index (χ0) is 13.2. The van der Waals surface area contributed by atoms with E-state index in [1.54, 1.807) is 12.1 Å². The van der Waals surface area contributed by atoms with Crippen LogP contribution in [0.25, 0.3) is 0 Å². The van der Waals surface area contributed by atoms with Crippen LogP contribution >= 0.6 is 0 Å². The van der Waals surface area contributed by atoms with Gasteiger partial charge < -0.3 is 0 Å². The first-order valence-electron chi connectivity index (χ1n) is 5.91. The molecule has 1 heterocycles. The van der Waals surface area contributed by atoms with Gasteiger partial charge >= 0.3 is 0 Å². The number of sulfone groups is 1. The van der Waals surface area contributed by atoms with Gasteiger partial charge in [-0.2, -0.15) is 0 Å². The highest BCUT2D eigenvalue weighted by molar-refractivity contribution is 7.91. The Kier molecular flexibility index (Phi) is 3.80. The fraction of sp³-hybridized carbons (Fsp3) is 0.462. The maximum atomic E-state index is 12.9. The SMILES string of the molecule is O=C(Cc1cccc(F)c1)CC1CCS(=O)(=O)C1. The molecule has 3 nitrogen and oxygen atoms in total. The molecule has 18 heavy (non-hydrogen) atoms. The number of rotatable bonds is 4. The lowest BCUT2D eigenvalue weighted by Gasteiger charge is -2.06. The van der Waals surface area contributed by atoms with Gasteiger partial charge in [0.05, 0.1) is 11.5 Å². The summed E-state index contributed by atoms with van der Waals surface area (Å²) in [5, 5.41) is 0. The molecule has 5 heteroatoms. The van der Waals surface area contributed by atoms with E-state index in [1.165, 1.54) is 12.1 Å². The Morgan fingerprint density at radius 3 is 2.78 bits per heavy atom. The Hall–Kier alpha value is -1.23. The molecule has 0 amide bonds. The van der Waals surface area contributed by atoms with E-state index >= 15 is 0 Å². The van der Waals surface area contributed by atoms with Crippen molar-refractivity contribution < 1.29 is 17.6 Å². The molecule has 1 aliphatic heterocycles. The zero-order valence-corrected chi connectivity index (χ0v) is 10.7. The number of hydrogen-bond donors (Lipinski definition) is 0. The zero-order valence-electron chi connectivity index (χ0n) is 9.93. The Morgan fingerprint density at radius 1 is 1.39 bits per heavy atom. The van der Waals surface area contributed by atoms with Crippen molar-refractivity contribution >= 4 is 15.6 Å². The third-order valence-electron chi connectivity index (χ3n) is 3.13. The van der Waals surface area contributed by atoms with Crippen LogP contribution in [0.1, 0.15) is 18.4 Å². The highest BCUT2D eigenvalue weighted by Crippen LogP contribution is 2.22. The minimum Gasteiger partial charge on any atom is -0.299 e. The second kappa shape index (κ2) is 5.18. The normalized spacial score (nSPS) is 21.9. The Bertz CT molecular complexity index is 551. The molecule has 0 saturated carbocycles. The quantitative estimate of drug-likeness (QED) is 0.837. The number of carbonyl (C=O) groups excluding carboxylic acids is 1. The molecule has 0 spiro atoms. The first-order chi connectivity index (χ1) is 8.44. The van der Waals surface area contributed by atoms with Crippen molar-refractivity contribution in [3.63, 3.8) is 0 Å². The first-order valence-corrected chi connectivity index (χ1v) is 7.73. The van der Waals surface area contributed by atoms with E-state index in [0.29, 0.717) is 12.0 Å². The summed E-state index contributed by atoms with van der Waals surface area (Å²) < 4.78 is 35.5. The summed E-state index contributed by atoms with van der Waals surface area (Å²) in [7, 11) is -2.93. The van der Waals surface area contributed by atoms with Crippen LogP contribution in [0.2, 0.25) is 0 Å². The van der Waals surface area contributed by atoms with Crippen molar-refractivity contribution in [3.05, 3.63) is 35.6 Å². The third kappa shape index (κ3) is 3.63. The fourth-order valence-electron chi connectivity index (χ4n) is 2.30. The molecule has 0 bridgehead atoms. The van der Waals surface area contributed by atoms with Crippen LogP contribution in [0.15, 0.2) is 24.3 Å². The average Bonchev–Trinajstić information content (AvgIpc) is 2.57. The van der Waals surface area contributed by atoms with E-state index in [2.05, 4.69) is 0 Å². The summed E-state index contributed by atoms with van der Waals surface area (Å²) in [6.07, 6.45) is 1.02. The predicted molar refractivity (Wildman–Crippen MR) is 66.5 cm³/mol. The minimum absolute atomic E-state index is 0.0253. The van der Waals surface area contributed by atoms with Crippen LogP contribution in [0, 0.1) is 11.7 Å². The summed E-state index contributed by atoms with van der Waals surface area (Å²) in [4.78, 5) is 11.8. The molecule has 0 N–H and O–H groups in total. The molecule has 1 unspecified atom stereocenters. The molecule has 0 radical (unpaired) electrons. The minimum atomic E-state index is -2.93. The van der Waals surface area contributed by atoms with Gasteiger partial charge in [-0.05, 0) is 30.0 Å². The maximum Gasteiger partial charge on any atom is 0.150 e. The standard InChI is InChI=1S/C13H15FO3S/c14-12-3-1-2-10(6-12)7-13(15)8-11-4-5-18(16,17)9-11/h1-3,6,11H,4-5,7-9H2. The van der Waals surface area contributed by atoms with Gasteiger partial charge in [-0.15, -0.1) is 0 Å². The number of hydrogen-bond acceptors (Lipinski definition) is 3. The molecule has 98 valence electrons. The van der Waals surface area contributed by atoms with Crippen LogP contribution < -0.4 is 0 Å². The van der Waals surface area contributed by atoms with Crippen molar-refractivity contribution in [2.75, 3.05) is 11.5 Å². The fourth-order valence-corrected chi connectivity index (χ4v) is 4.16. The summed E-state index contributed by atoms with van der Waals surface area (Å²) in [5.41, 5.74) is 0.640. The molecular formula is C13H15FO3S. The van der Waals surface area contributed by atoms with Crippen LogP contribution in [-0.2, 0) is 21.1 Å². The molecule has 0 aliphatic carbocycles. The van der Waals surface area contributed by atoms with Crippen molar-refractivity contribution in [2.45, 2.75) is 19.3 Å². The van der Waals surface area contributed by atoms with Crippen LogP contribution in [-0.4, -0.2) is 25.7 Å². The smallest absolute Gasteiger partial charge is 0.150 e. The average molecular weight is 270 g/mol. The van der Waals surface area contributed by atoms with E-state index in [4.69, 9.17) is 0 Å². The van der Waals surface area contributed by atoms with E-state index in [9.17, 15) is 17.6 Å². The van der Waals surface area contributed by atoms with Crippen molar-refractivity contribution in [1.29, 1.82) is 0 Å². The molecule has 1 fully saturated rings. The molecule has 2 rings (SSSR count). The molecule has 1 atom stereocenters. The van der Waals surface area contributed by atoms with Gasteiger partial charge in [0.15, 0.2) is 9.84 Å². The van der Waals surface area contributed by atoms with Gasteiger partial charge in [0, 0.05) is 12.8 Å². The molecule has 1 aromatic rings. The molecule has 1 saturated heterocycles. The summed E-state index contributed by atoms with van der Waals surface area (Å²) in [6, 6.07) is 5.94. The lowest BCUT2D eigenvalue weighted by Crippen LogP contribution is -2.12. The number of Topliss-reactive ketones (excluding diaryl/α,β-unsaturated/α-hetero) is 1. The highest BCUT2D eigenvalue weighted by Gasteiger charge is 2.29. The van der Waals surface area contributed by atoms with E-state index < -0.39 is 9.84 Å². The molecule has 0 aromatic heterocycles. The van der Waals surface area contributed by atoms with Gasteiger partial charge in [-0.1, -0.05) is 12.1 Å². The maximum absolute atomic E-state index is 12.9. The highest BCUT2D eigenvalue weighted by atomic mass is 32.2. The Balaban J connectivity index is 1.90. The van der Waals surface area contributed by atoms with Gasteiger partial charge in [-0.3, -0.25) is 4.79 Å².